The number of hydrogen-bond acceptors (Lipinski definition) is 1. The van der Waals surface area contributed by atoms with Gasteiger partial charge in [0.2, 0.25) is 0 Å². The average molecular weight is 183 g/mol. The molecular formula is C12H14BN. The molecule has 2 aromatic carbocycles. The Bertz CT molecular complexity index is 458. The first kappa shape index (κ1) is 9.13. The van der Waals surface area contributed by atoms with E-state index in [4.69, 9.17) is 0 Å². The minimum absolute atomic E-state index is 1.29. The van der Waals surface area contributed by atoms with E-state index in [1.165, 1.54) is 21.9 Å². The van der Waals surface area contributed by atoms with Crippen molar-refractivity contribution < 1.29 is 0 Å². The van der Waals surface area contributed by atoms with Gasteiger partial charge in [0.15, 0.2) is 0 Å². The summed E-state index contributed by atoms with van der Waals surface area (Å²) in [6, 6.07) is 12.9. The van der Waals surface area contributed by atoms with Crippen molar-refractivity contribution in [3.8, 4) is 0 Å². The highest BCUT2D eigenvalue weighted by atomic mass is 15.1. The average Bonchev–Trinajstić information content (AvgIpc) is 2.17. The SMILES string of the molecule is Bc1cccc2cccc(N(C)C)c12. The molecule has 0 spiro atoms. The zero-order valence-corrected chi connectivity index (χ0v) is 8.91. The van der Waals surface area contributed by atoms with Crippen molar-refractivity contribution in [1.29, 1.82) is 0 Å². The molecule has 0 saturated heterocycles. The fourth-order valence-electron chi connectivity index (χ4n) is 1.88. The standard InChI is InChI=1S/C12H14BN/c1-14(2)11-8-4-6-9-5-3-7-10(13)12(9)11/h3-8H,13H2,1-2H3. The van der Waals surface area contributed by atoms with Gasteiger partial charge in [0.25, 0.3) is 0 Å². The zero-order valence-electron chi connectivity index (χ0n) is 8.91. The van der Waals surface area contributed by atoms with Crippen molar-refractivity contribution in [1.82, 2.24) is 0 Å². The highest BCUT2D eigenvalue weighted by Crippen LogP contribution is 2.22. The van der Waals surface area contributed by atoms with Crippen molar-refractivity contribution in [2.24, 2.45) is 0 Å². The molecule has 2 rings (SSSR count). The van der Waals surface area contributed by atoms with Crippen molar-refractivity contribution in [3.63, 3.8) is 0 Å². The van der Waals surface area contributed by atoms with E-state index in [1.807, 2.05) is 0 Å². The molecule has 1 nitrogen and oxygen atoms in total. The molecule has 0 fully saturated rings. The summed E-state index contributed by atoms with van der Waals surface area (Å²) >= 11 is 0. The highest BCUT2D eigenvalue weighted by Gasteiger charge is 2.03. The molecule has 0 bridgehead atoms. The van der Waals surface area contributed by atoms with Gasteiger partial charge >= 0.3 is 0 Å². The van der Waals surface area contributed by atoms with E-state index in [2.05, 4.69) is 63.2 Å². The van der Waals surface area contributed by atoms with Gasteiger partial charge in [0, 0.05) is 19.8 Å². The van der Waals surface area contributed by atoms with E-state index in [0.717, 1.165) is 0 Å². The summed E-state index contributed by atoms with van der Waals surface area (Å²) in [4.78, 5) is 2.16. The molecule has 70 valence electrons. The Balaban J connectivity index is 2.84. The monoisotopic (exact) mass is 183 g/mol. The molecule has 0 amide bonds. The Morgan fingerprint density at radius 1 is 1.00 bits per heavy atom. The smallest absolute Gasteiger partial charge is 0.140 e. The van der Waals surface area contributed by atoms with Crippen LogP contribution in [0.3, 0.4) is 0 Å². The van der Waals surface area contributed by atoms with Gasteiger partial charge in [-0.25, -0.2) is 0 Å². The molecule has 0 N–H and O–H groups in total. The van der Waals surface area contributed by atoms with Crippen molar-refractivity contribution in [3.05, 3.63) is 36.4 Å². The third-order valence-corrected chi connectivity index (χ3v) is 2.57. The highest BCUT2D eigenvalue weighted by molar-refractivity contribution is 6.40. The first-order chi connectivity index (χ1) is 6.70. The molecule has 0 aliphatic rings. The van der Waals surface area contributed by atoms with Gasteiger partial charge in [-0.1, -0.05) is 35.8 Å². The van der Waals surface area contributed by atoms with Crippen LogP contribution in [0.25, 0.3) is 10.8 Å². The summed E-state index contributed by atoms with van der Waals surface area (Å²) in [7, 11) is 6.33. The van der Waals surface area contributed by atoms with Gasteiger partial charge in [-0.15, -0.1) is 0 Å². The number of benzene rings is 2. The summed E-state index contributed by atoms with van der Waals surface area (Å²) < 4.78 is 0. The maximum atomic E-state index is 2.16. The van der Waals surface area contributed by atoms with Crippen LogP contribution in [0.1, 0.15) is 0 Å². The lowest BCUT2D eigenvalue weighted by molar-refractivity contribution is 1.14. The van der Waals surface area contributed by atoms with Gasteiger partial charge in [-0.2, -0.15) is 0 Å². The van der Waals surface area contributed by atoms with Crippen LogP contribution in [0.15, 0.2) is 36.4 Å². The second-order valence-electron chi connectivity index (χ2n) is 3.84. The molecule has 0 aromatic heterocycles. The number of fused-ring (bicyclic) bond motifs is 1. The molecule has 0 aliphatic heterocycles. The fraction of sp³-hybridized carbons (Fsp3) is 0.167. The molecule has 0 radical (unpaired) electrons. The number of nitrogens with zero attached hydrogens (tertiary/aromatic N) is 1. The Hall–Kier alpha value is -1.44. The molecular weight excluding hydrogens is 169 g/mol. The van der Waals surface area contributed by atoms with E-state index in [1.54, 1.807) is 0 Å². The Morgan fingerprint density at radius 2 is 1.64 bits per heavy atom. The van der Waals surface area contributed by atoms with Crippen molar-refractivity contribution >= 4 is 29.8 Å². The fourth-order valence-corrected chi connectivity index (χ4v) is 1.88. The van der Waals surface area contributed by atoms with E-state index in [9.17, 15) is 0 Å². The molecule has 0 heterocycles. The van der Waals surface area contributed by atoms with E-state index >= 15 is 0 Å². The minimum Gasteiger partial charge on any atom is -0.377 e. The van der Waals surface area contributed by atoms with Crippen molar-refractivity contribution in [2.75, 3.05) is 19.0 Å². The number of anilines is 1. The Labute approximate surface area is 85.8 Å². The van der Waals surface area contributed by atoms with Crippen LogP contribution in [0.4, 0.5) is 5.69 Å². The quantitative estimate of drug-likeness (QED) is 0.599. The number of rotatable bonds is 1. The predicted octanol–water partition coefficient (Wildman–Crippen LogP) is 1.16. The van der Waals surface area contributed by atoms with Crippen LogP contribution < -0.4 is 10.4 Å². The Kier molecular flexibility index (Phi) is 2.20. The molecule has 14 heavy (non-hydrogen) atoms. The third-order valence-electron chi connectivity index (χ3n) is 2.57. The molecule has 0 saturated carbocycles. The van der Waals surface area contributed by atoms with Crippen LogP contribution in [0.5, 0.6) is 0 Å². The minimum atomic E-state index is 1.29. The second kappa shape index (κ2) is 3.37. The summed E-state index contributed by atoms with van der Waals surface area (Å²) in [6.07, 6.45) is 0. The van der Waals surface area contributed by atoms with Crippen molar-refractivity contribution in [2.45, 2.75) is 0 Å². The lowest BCUT2D eigenvalue weighted by Gasteiger charge is -2.16. The summed E-state index contributed by atoms with van der Waals surface area (Å²) in [5, 5.41) is 2.68. The third kappa shape index (κ3) is 1.37. The lowest BCUT2D eigenvalue weighted by Crippen LogP contribution is -2.13. The second-order valence-corrected chi connectivity index (χ2v) is 3.84. The molecule has 0 unspecified atom stereocenters. The summed E-state index contributed by atoms with van der Waals surface area (Å²) in [5.41, 5.74) is 2.63. The molecule has 0 aliphatic carbocycles. The first-order valence-corrected chi connectivity index (χ1v) is 4.86. The summed E-state index contributed by atoms with van der Waals surface area (Å²) in [6.45, 7) is 0. The van der Waals surface area contributed by atoms with E-state index < -0.39 is 0 Å². The van der Waals surface area contributed by atoms with Gasteiger partial charge in [-0.05, 0) is 16.8 Å². The van der Waals surface area contributed by atoms with Gasteiger partial charge in [0.1, 0.15) is 7.85 Å². The van der Waals surface area contributed by atoms with Gasteiger partial charge in [-0.3, -0.25) is 0 Å². The van der Waals surface area contributed by atoms with Crippen LogP contribution >= 0.6 is 0 Å². The van der Waals surface area contributed by atoms with Crippen LogP contribution in [-0.4, -0.2) is 21.9 Å². The van der Waals surface area contributed by atoms with E-state index in [0.29, 0.717) is 0 Å². The summed E-state index contributed by atoms with van der Waals surface area (Å²) in [5.74, 6) is 0. The van der Waals surface area contributed by atoms with Crippen LogP contribution in [0.2, 0.25) is 0 Å². The maximum Gasteiger partial charge on any atom is 0.140 e. The van der Waals surface area contributed by atoms with Crippen LogP contribution in [0, 0.1) is 0 Å². The van der Waals surface area contributed by atoms with Gasteiger partial charge < -0.3 is 4.90 Å². The molecule has 2 aromatic rings. The van der Waals surface area contributed by atoms with E-state index in [-0.39, 0.29) is 0 Å². The zero-order chi connectivity index (χ0) is 10.1. The number of hydrogen-bond donors (Lipinski definition) is 0. The molecule has 2 heteroatoms. The maximum absolute atomic E-state index is 2.16. The van der Waals surface area contributed by atoms with Gasteiger partial charge in [0.05, 0.1) is 0 Å². The normalized spacial score (nSPS) is 10.4. The van der Waals surface area contributed by atoms with Crippen LogP contribution in [-0.2, 0) is 0 Å². The topological polar surface area (TPSA) is 3.24 Å². The lowest BCUT2D eigenvalue weighted by atomic mass is 9.89. The molecule has 0 atom stereocenters. The Morgan fingerprint density at radius 3 is 2.29 bits per heavy atom. The largest absolute Gasteiger partial charge is 0.377 e. The predicted molar refractivity (Wildman–Crippen MR) is 66.5 cm³/mol. The first-order valence-electron chi connectivity index (χ1n) is 4.86.